The molecule has 4 aromatic carbocycles. The zero-order valence-electron chi connectivity index (χ0n) is 15.4. The van der Waals surface area contributed by atoms with E-state index in [1.807, 2.05) is 30.3 Å². The molecule has 0 aliphatic rings. The van der Waals surface area contributed by atoms with Crippen LogP contribution in [0.1, 0.15) is 5.56 Å². The summed E-state index contributed by atoms with van der Waals surface area (Å²) in [4.78, 5) is 0. The van der Waals surface area contributed by atoms with Crippen LogP contribution < -0.4 is 28.3 Å². The minimum atomic E-state index is -0.446. The van der Waals surface area contributed by atoms with E-state index in [2.05, 4.69) is 97.9 Å². The number of benzene rings is 4. The Morgan fingerprint density at radius 1 is 0.429 bits per heavy atom. The van der Waals surface area contributed by atoms with Crippen molar-refractivity contribution in [1.29, 1.82) is 0 Å². The predicted octanol–water partition coefficient (Wildman–Crippen LogP) is 2.32. The van der Waals surface area contributed by atoms with Crippen LogP contribution in [0.25, 0.3) is 0 Å². The second kappa shape index (κ2) is 13.3. The van der Waals surface area contributed by atoms with Gasteiger partial charge in [0.05, 0.1) is 0 Å². The fourth-order valence-corrected chi connectivity index (χ4v) is 4.96. The molecule has 144 valence electrons. The van der Waals surface area contributed by atoms with E-state index in [4.69, 9.17) is 0 Å². The minimum Gasteiger partial charge on any atom is -1.00 e. The van der Waals surface area contributed by atoms with Gasteiger partial charge in [-0.1, -0.05) is 97.1 Å². The molecule has 0 unspecified atom stereocenters. The Morgan fingerprint density at radius 2 is 0.679 bits per heavy atom. The van der Waals surface area contributed by atoms with Crippen molar-refractivity contribution in [3.63, 3.8) is 0 Å². The SMILES string of the molecule is [CH2-]c1ccccc1.[Cl-].[Pd+2].c1ccc(P(c2ccccc2)c2ccccc2)cc1. The first-order valence-electron chi connectivity index (χ1n) is 8.67. The standard InChI is InChI=1S/C18H15P.C7H7.ClH.Pd/c1-4-10-16(11-5-1)19(17-12-6-2-7-13-17)18-14-8-3-9-15-18;1-7-5-3-2-4-6-7;;/h1-15H;2-6H,1H2;1H;/q;-1;;+2/p-1. The van der Waals surface area contributed by atoms with Gasteiger partial charge >= 0.3 is 20.4 Å². The maximum Gasteiger partial charge on any atom is 2.00 e. The normalized spacial score (nSPS) is 9.32. The Bertz CT molecular complexity index is 791. The molecule has 0 spiro atoms. The molecule has 0 aliphatic heterocycles. The summed E-state index contributed by atoms with van der Waals surface area (Å²) < 4.78 is 0. The third-order valence-corrected chi connectivity index (χ3v) is 6.33. The van der Waals surface area contributed by atoms with E-state index >= 15 is 0 Å². The smallest absolute Gasteiger partial charge is 1.00 e. The van der Waals surface area contributed by atoms with E-state index in [-0.39, 0.29) is 32.8 Å². The van der Waals surface area contributed by atoms with Crippen molar-refractivity contribution in [3.05, 3.63) is 134 Å². The maximum absolute atomic E-state index is 3.72. The average molecular weight is 495 g/mol. The van der Waals surface area contributed by atoms with E-state index in [0.717, 1.165) is 5.56 Å². The first-order valence-corrected chi connectivity index (χ1v) is 10.0. The van der Waals surface area contributed by atoms with Crippen molar-refractivity contribution in [3.8, 4) is 0 Å². The summed E-state index contributed by atoms with van der Waals surface area (Å²) in [6, 6.07) is 42.2. The molecule has 0 nitrogen and oxygen atoms in total. The maximum atomic E-state index is 3.72. The number of rotatable bonds is 3. The van der Waals surface area contributed by atoms with Gasteiger partial charge in [-0.3, -0.25) is 0 Å². The molecule has 3 heteroatoms. The van der Waals surface area contributed by atoms with Gasteiger partial charge in [0.15, 0.2) is 0 Å². The first-order chi connectivity index (χ1) is 12.8. The van der Waals surface area contributed by atoms with Crippen LogP contribution in [0.3, 0.4) is 0 Å². The van der Waals surface area contributed by atoms with Crippen molar-refractivity contribution >= 4 is 23.8 Å². The Morgan fingerprint density at radius 3 is 0.893 bits per heavy atom. The van der Waals surface area contributed by atoms with Crippen LogP contribution in [0.5, 0.6) is 0 Å². The molecule has 0 heterocycles. The summed E-state index contributed by atoms with van der Waals surface area (Å²) >= 11 is 0. The molecular formula is C25H22ClPPd. The Hall–Kier alpha value is -1.87. The van der Waals surface area contributed by atoms with Gasteiger partial charge < -0.3 is 12.4 Å². The van der Waals surface area contributed by atoms with E-state index in [1.54, 1.807) is 0 Å². The monoisotopic (exact) mass is 494 g/mol. The molecule has 0 N–H and O–H groups in total. The minimum absolute atomic E-state index is 0. The van der Waals surface area contributed by atoms with Gasteiger partial charge in [-0.2, -0.15) is 24.6 Å². The van der Waals surface area contributed by atoms with Gasteiger partial charge in [-0.05, 0) is 23.8 Å². The number of halogens is 1. The molecule has 0 atom stereocenters. The van der Waals surface area contributed by atoms with Crippen molar-refractivity contribution in [2.75, 3.05) is 0 Å². The van der Waals surface area contributed by atoms with Gasteiger partial charge in [0.2, 0.25) is 0 Å². The molecule has 4 aromatic rings. The second-order valence-electron chi connectivity index (χ2n) is 5.83. The van der Waals surface area contributed by atoms with Crippen LogP contribution in [-0.4, -0.2) is 0 Å². The van der Waals surface area contributed by atoms with Gasteiger partial charge in [0, 0.05) is 0 Å². The summed E-state index contributed by atoms with van der Waals surface area (Å²) in [7, 11) is -0.446. The topological polar surface area (TPSA) is 0 Å². The van der Waals surface area contributed by atoms with Crippen LogP contribution in [-0.2, 0) is 20.4 Å². The van der Waals surface area contributed by atoms with E-state index in [1.165, 1.54) is 15.9 Å². The molecule has 0 aliphatic carbocycles. The average Bonchev–Trinajstić information content (AvgIpc) is 2.72. The molecule has 0 fully saturated rings. The number of hydrogen-bond acceptors (Lipinski definition) is 0. The quantitative estimate of drug-likeness (QED) is 0.233. The molecule has 0 aromatic heterocycles. The van der Waals surface area contributed by atoms with Crippen molar-refractivity contribution in [2.24, 2.45) is 0 Å². The number of hydrogen-bond donors (Lipinski definition) is 0. The van der Waals surface area contributed by atoms with E-state index in [0.29, 0.717) is 0 Å². The van der Waals surface area contributed by atoms with Crippen LogP contribution in [0.4, 0.5) is 0 Å². The summed E-state index contributed by atoms with van der Waals surface area (Å²) in [5, 5.41) is 4.19. The van der Waals surface area contributed by atoms with Crippen LogP contribution >= 0.6 is 7.92 Å². The molecule has 0 saturated heterocycles. The molecule has 0 amide bonds. The fraction of sp³-hybridized carbons (Fsp3) is 0. The predicted molar refractivity (Wildman–Crippen MR) is 116 cm³/mol. The van der Waals surface area contributed by atoms with Crippen LogP contribution in [0, 0.1) is 6.92 Å². The summed E-state index contributed by atoms with van der Waals surface area (Å²) in [6.07, 6.45) is 0. The van der Waals surface area contributed by atoms with Gasteiger partial charge in [-0.15, -0.1) is 12.1 Å². The molecule has 28 heavy (non-hydrogen) atoms. The van der Waals surface area contributed by atoms with Crippen molar-refractivity contribution < 1.29 is 32.8 Å². The molecule has 4 rings (SSSR count). The van der Waals surface area contributed by atoms with Gasteiger partial charge in [-0.25, -0.2) is 0 Å². The third kappa shape index (κ3) is 7.27. The Labute approximate surface area is 189 Å². The van der Waals surface area contributed by atoms with E-state index < -0.39 is 7.92 Å². The largest absolute Gasteiger partial charge is 2.00 e. The second-order valence-corrected chi connectivity index (χ2v) is 8.05. The zero-order chi connectivity index (χ0) is 18.0. The summed E-state index contributed by atoms with van der Waals surface area (Å²) in [6.45, 7) is 3.72. The van der Waals surface area contributed by atoms with Gasteiger partial charge in [0.1, 0.15) is 0 Å². The van der Waals surface area contributed by atoms with Crippen molar-refractivity contribution in [1.82, 2.24) is 0 Å². The Balaban J connectivity index is 0.000000373. The third-order valence-electron chi connectivity index (χ3n) is 3.89. The van der Waals surface area contributed by atoms with Crippen LogP contribution in [0.15, 0.2) is 121 Å². The van der Waals surface area contributed by atoms with Crippen LogP contribution in [0.2, 0.25) is 0 Å². The summed E-state index contributed by atoms with van der Waals surface area (Å²) in [5.74, 6) is 0. The first kappa shape index (κ1) is 24.2. The van der Waals surface area contributed by atoms with E-state index in [9.17, 15) is 0 Å². The van der Waals surface area contributed by atoms with Gasteiger partial charge in [0.25, 0.3) is 0 Å². The summed E-state index contributed by atoms with van der Waals surface area (Å²) in [5.41, 5.74) is 1.07. The molecule has 0 radical (unpaired) electrons. The molecule has 0 bridgehead atoms. The zero-order valence-corrected chi connectivity index (χ0v) is 18.6. The fourth-order valence-electron chi connectivity index (χ4n) is 2.66. The Kier molecular flexibility index (Phi) is 11.5. The molecular weight excluding hydrogens is 473 g/mol. The van der Waals surface area contributed by atoms with Crippen molar-refractivity contribution in [2.45, 2.75) is 0 Å². The molecule has 0 saturated carbocycles.